The van der Waals surface area contributed by atoms with Crippen molar-refractivity contribution in [3.63, 3.8) is 0 Å². The molecule has 0 radical (unpaired) electrons. The summed E-state index contributed by atoms with van der Waals surface area (Å²) in [5.41, 5.74) is 9.19. The van der Waals surface area contributed by atoms with Crippen LogP contribution in [0.3, 0.4) is 0 Å². The van der Waals surface area contributed by atoms with Gasteiger partial charge in [-0.1, -0.05) is 48.5 Å². The van der Waals surface area contributed by atoms with Crippen LogP contribution in [0.2, 0.25) is 0 Å². The van der Waals surface area contributed by atoms with E-state index in [1.54, 1.807) is 0 Å². The van der Waals surface area contributed by atoms with Crippen LogP contribution >= 0.6 is 0 Å². The van der Waals surface area contributed by atoms with Gasteiger partial charge in [-0.2, -0.15) is 0 Å². The molecule has 0 saturated heterocycles. The summed E-state index contributed by atoms with van der Waals surface area (Å²) < 4.78 is 27.8. The van der Waals surface area contributed by atoms with E-state index < -0.39 is 11.2 Å². The third kappa shape index (κ3) is 3.87. The Morgan fingerprint density at radius 3 is 1.31 bits per heavy atom. The molecule has 9 rings (SSSR count). The molecule has 2 atom stereocenters. The molecule has 0 N–H and O–H groups in total. The van der Waals surface area contributed by atoms with Crippen LogP contribution in [0.15, 0.2) is 97.1 Å². The van der Waals surface area contributed by atoms with Crippen molar-refractivity contribution in [1.29, 1.82) is 0 Å². The van der Waals surface area contributed by atoms with Crippen LogP contribution in [-0.4, -0.2) is 26.2 Å². The second-order valence-corrected chi connectivity index (χ2v) is 13.0. The van der Waals surface area contributed by atoms with E-state index in [2.05, 4.69) is 135 Å². The SMILES string of the molecule is CCN(CC)c1ccc2c(c1)Oc1cc3c(cc1[C@@]21OCc2ccccc21)[C@@]1(OCc2ccccc21)c1ccc(N(CC)CC)cc1O3. The lowest BCUT2D eigenvalue weighted by molar-refractivity contribution is 0.0140. The maximum absolute atomic E-state index is 7.02. The van der Waals surface area contributed by atoms with Gasteiger partial charge in [-0.05, 0) is 80.3 Å². The summed E-state index contributed by atoms with van der Waals surface area (Å²) in [5, 5.41) is 0. The van der Waals surface area contributed by atoms with Crippen LogP contribution in [0.4, 0.5) is 11.4 Å². The first-order chi connectivity index (χ1) is 23.5. The van der Waals surface area contributed by atoms with Gasteiger partial charge in [-0.15, -0.1) is 0 Å². The number of benzene rings is 5. The molecule has 0 fully saturated rings. The summed E-state index contributed by atoms with van der Waals surface area (Å²) in [7, 11) is 0. The van der Waals surface area contributed by atoms with Crippen LogP contribution in [0, 0.1) is 0 Å². The van der Waals surface area contributed by atoms with Crippen LogP contribution < -0.4 is 19.3 Å². The number of hydrogen-bond acceptors (Lipinski definition) is 6. The molecule has 4 aliphatic heterocycles. The van der Waals surface area contributed by atoms with Crippen LogP contribution in [0.25, 0.3) is 0 Å². The van der Waals surface area contributed by atoms with Crippen molar-refractivity contribution in [3.8, 4) is 23.0 Å². The Morgan fingerprint density at radius 1 is 0.458 bits per heavy atom. The summed E-state index contributed by atoms with van der Waals surface area (Å²) in [4.78, 5) is 4.68. The second-order valence-electron chi connectivity index (χ2n) is 13.0. The smallest absolute Gasteiger partial charge is 0.151 e. The Balaban J connectivity index is 1.31. The maximum Gasteiger partial charge on any atom is 0.151 e. The van der Waals surface area contributed by atoms with Gasteiger partial charge in [0.1, 0.15) is 23.0 Å². The summed E-state index contributed by atoms with van der Waals surface area (Å²) >= 11 is 0. The van der Waals surface area contributed by atoms with E-state index in [1.807, 2.05) is 0 Å². The number of rotatable bonds is 6. The molecule has 0 unspecified atom stereocenters. The van der Waals surface area contributed by atoms with Gasteiger partial charge in [0.15, 0.2) is 11.2 Å². The van der Waals surface area contributed by atoms with E-state index in [1.165, 1.54) is 11.1 Å². The first-order valence-corrected chi connectivity index (χ1v) is 17.3. The Kier molecular flexibility index (Phi) is 6.65. The predicted octanol–water partition coefficient (Wildman–Crippen LogP) is 9.23. The van der Waals surface area contributed by atoms with Gasteiger partial charge in [-0.3, -0.25) is 0 Å². The van der Waals surface area contributed by atoms with Gasteiger partial charge in [0, 0.05) is 78.0 Å². The lowest BCUT2D eigenvalue weighted by atomic mass is 9.73. The van der Waals surface area contributed by atoms with E-state index in [-0.39, 0.29) is 0 Å². The quantitative estimate of drug-likeness (QED) is 0.185. The minimum Gasteiger partial charge on any atom is -0.456 e. The minimum atomic E-state index is -0.845. The van der Waals surface area contributed by atoms with Crippen molar-refractivity contribution in [2.45, 2.75) is 52.1 Å². The van der Waals surface area contributed by atoms with Gasteiger partial charge in [0.2, 0.25) is 0 Å². The Bertz CT molecular complexity index is 1940. The normalized spacial score (nSPS) is 20.6. The average Bonchev–Trinajstić information content (AvgIpc) is 3.69. The third-order valence-electron chi connectivity index (χ3n) is 10.9. The van der Waals surface area contributed by atoms with Crippen molar-refractivity contribution in [2.75, 3.05) is 36.0 Å². The minimum absolute atomic E-state index is 0.516. The van der Waals surface area contributed by atoms with E-state index in [0.29, 0.717) is 13.2 Å². The fourth-order valence-corrected chi connectivity index (χ4v) is 8.55. The summed E-state index contributed by atoms with van der Waals surface area (Å²) in [5.74, 6) is 3.08. The molecular weight excluding hydrogens is 596 g/mol. The molecule has 242 valence electrons. The Labute approximate surface area is 282 Å². The molecule has 6 nitrogen and oxygen atoms in total. The van der Waals surface area contributed by atoms with Gasteiger partial charge < -0.3 is 28.7 Å². The average molecular weight is 637 g/mol. The molecule has 0 bridgehead atoms. The molecule has 0 amide bonds. The fourth-order valence-electron chi connectivity index (χ4n) is 8.55. The molecule has 5 aromatic carbocycles. The van der Waals surface area contributed by atoms with E-state index >= 15 is 0 Å². The van der Waals surface area contributed by atoms with Gasteiger partial charge in [-0.25, -0.2) is 0 Å². The van der Waals surface area contributed by atoms with Crippen molar-refractivity contribution < 1.29 is 18.9 Å². The molecule has 0 saturated carbocycles. The zero-order valence-corrected chi connectivity index (χ0v) is 28.0. The van der Waals surface area contributed by atoms with Crippen LogP contribution in [0.5, 0.6) is 23.0 Å². The van der Waals surface area contributed by atoms with Crippen LogP contribution in [0.1, 0.15) is 72.2 Å². The monoisotopic (exact) mass is 636 g/mol. The molecule has 5 aromatic rings. The highest BCUT2D eigenvalue weighted by molar-refractivity contribution is 5.73. The van der Waals surface area contributed by atoms with Crippen molar-refractivity contribution in [2.24, 2.45) is 0 Å². The highest BCUT2D eigenvalue weighted by Crippen LogP contribution is 2.62. The lowest BCUT2D eigenvalue weighted by Crippen LogP contribution is -2.36. The molecule has 2 spiro atoms. The highest BCUT2D eigenvalue weighted by atomic mass is 16.5. The molecule has 4 heterocycles. The van der Waals surface area contributed by atoms with Crippen molar-refractivity contribution in [1.82, 2.24) is 0 Å². The zero-order valence-electron chi connectivity index (χ0n) is 28.0. The molecule has 48 heavy (non-hydrogen) atoms. The molecule has 6 heteroatoms. The largest absolute Gasteiger partial charge is 0.456 e. The van der Waals surface area contributed by atoms with Crippen molar-refractivity contribution in [3.05, 3.63) is 142 Å². The molecule has 4 aliphatic rings. The van der Waals surface area contributed by atoms with E-state index in [0.717, 1.165) is 93.9 Å². The molecule has 0 aromatic heterocycles. The topological polar surface area (TPSA) is 43.4 Å². The summed E-state index contributed by atoms with van der Waals surface area (Å²) in [6, 6.07) is 34.6. The number of nitrogens with zero attached hydrogens (tertiary/aromatic N) is 2. The Hall–Kier alpha value is -4.78. The lowest BCUT2D eigenvalue weighted by Gasteiger charge is -2.42. The predicted molar refractivity (Wildman–Crippen MR) is 189 cm³/mol. The molecular formula is C42H40N2O4. The van der Waals surface area contributed by atoms with Gasteiger partial charge in [0.25, 0.3) is 0 Å². The standard InChI is InChI=1S/C42H40N2O4/c1-5-43(6-2)29-17-19-33-37(21-29)47-39-24-40-36(23-35(39)41(33)31-15-11-9-13-27(31)25-45-41)42(32-16-12-10-14-28(32)26-46-42)34-20-18-30(22-38(34)48-40)44(7-3)8-4/h9-24H,5-8,25-26H2,1-4H3/t41-,42-/m0/s1. The Morgan fingerprint density at radius 2 is 0.875 bits per heavy atom. The first-order valence-electron chi connectivity index (χ1n) is 17.3. The number of fused-ring (bicyclic) bond motifs is 12. The van der Waals surface area contributed by atoms with Crippen molar-refractivity contribution >= 4 is 11.4 Å². The number of hydrogen-bond donors (Lipinski definition) is 0. The molecule has 0 aliphatic carbocycles. The van der Waals surface area contributed by atoms with E-state index in [4.69, 9.17) is 18.9 Å². The second kappa shape index (κ2) is 10.9. The zero-order chi connectivity index (χ0) is 32.6. The number of anilines is 2. The van der Waals surface area contributed by atoms with Gasteiger partial charge in [0.05, 0.1) is 13.2 Å². The summed E-state index contributed by atoms with van der Waals surface area (Å²) in [6.45, 7) is 13.4. The highest BCUT2D eigenvalue weighted by Gasteiger charge is 2.54. The van der Waals surface area contributed by atoms with Crippen LogP contribution in [-0.2, 0) is 33.9 Å². The fraction of sp³-hybridized carbons (Fsp3) is 0.286. The van der Waals surface area contributed by atoms with Gasteiger partial charge >= 0.3 is 0 Å². The first kappa shape index (κ1) is 29.4. The van der Waals surface area contributed by atoms with E-state index in [9.17, 15) is 0 Å². The maximum atomic E-state index is 7.02. The number of ether oxygens (including phenoxy) is 4. The third-order valence-corrected chi connectivity index (χ3v) is 10.9. The summed E-state index contributed by atoms with van der Waals surface area (Å²) in [6.07, 6.45) is 0.